The lowest BCUT2D eigenvalue weighted by atomic mass is 10.1. The number of nitrogens with zero attached hydrogens (tertiary/aromatic N) is 4. The van der Waals surface area contributed by atoms with Gasteiger partial charge in [-0.25, -0.2) is 15.0 Å². The van der Waals surface area contributed by atoms with Crippen molar-refractivity contribution in [2.75, 3.05) is 6.66 Å². The molecule has 1 unspecified atom stereocenters. The smallest absolute Gasteiger partial charge is 0.197 e. The first-order valence-corrected chi connectivity index (χ1v) is 9.40. The Bertz CT molecular complexity index is 707. The van der Waals surface area contributed by atoms with E-state index >= 15 is 0 Å². The van der Waals surface area contributed by atoms with Gasteiger partial charge >= 0.3 is 0 Å². The number of hydrogen-bond donors (Lipinski definition) is 0. The topological polar surface area (TPSA) is 69.9 Å². The van der Waals surface area contributed by atoms with E-state index in [2.05, 4.69) is 37.7 Å². The summed E-state index contributed by atoms with van der Waals surface area (Å²) in [4.78, 5) is 13.8. The summed E-state index contributed by atoms with van der Waals surface area (Å²) in [5, 5.41) is 0. The predicted octanol–water partition coefficient (Wildman–Crippen LogP) is 3.89. The Morgan fingerprint density at radius 2 is 1.82 bits per heavy atom. The second kappa shape index (κ2) is 6.09. The predicted molar refractivity (Wildman–Crippen MR) is 88.8 cm³/mol. The lowest BCUT2D eigenvalue weighted by molar-refractivity contribution is 0.0412. The molecule has 122 valence electrons. The van der Waals surface area contributed by atoms with E-state index in [1.165, 1.54) is 0 Å². The third-order valence-electron chi connectivity index (χ3n) is 3.46. The quantitative estimate of drug-likeness (QED) is 0.780. The fourth-order valence-corrected chi connectivity index (χ4v) is 3.27. The molecule has 0 aliphatic rings. The first kappa shape index (κ1) is 17.1. The lowest BCUT2D eigenvalue weighted by Gasteiger charge is -2.28. The number of hydrogen-bond acceptors (Lipinski definition) is 5. The second-order valence-corrected chi connectivity index (χ2v) is 7.78. The summed E-state index contributed by atoms with van der Waals surface area (Å²) in [6.07, 6.45) is 1.77. The van der Waals surface area contributed by atoms with Gasteiger partial charge < -0.3 is 4.52 Å². The van der Waals surface area contributed by atoms with E-state index in [0.29, 0.717) is 11.3 Å². The molecule has 1 atom stereocenters. The zero-order valence-corrected chi connectivity index (χ0v) is 15.3. The van der Waals surface area contributed by atoms with Crippen LogP contribution in [0.15, 0.2) is 6.20 Å². The highest BCUT2D eigenvalue weighted by Crippen LogP contribution is 2.35. The summed E-state index contributed by atoms with van der Waals surface area (Å²) in [6, 6.07) is 0. The van der Waals surface area contributed by atoms with E-state index in [0.717, 1.165) is 11.5 Å². The largest absolute Gasteiger partial charge is 0.303 e. The monoisotopic (exact) mass is 324 g/mol. The molecule has 2 aromatic heterocycles. The van der Waals surface area contributed by atoms with Gasteiger partial charge in [0.2, 0.25) is 0 Å². The summed E-state index contributed by atoms with van der Waals surface area (Å²) in [5.74, 6) is 1.29. The first-order valence-electron chi connectivity index (χ1n) is 7.58. The molecule has 2 heterocycles. The molecule has 0 aromatic carbocycles. The van der Waals surface area contributed by atoms with Gasteiger partial charge in [-0.1, -0.05) is 27.7 Å². The van der Waals surface area contributed by atoms with Crippen molar-refractivity contribution < 1.29 is 9.09 Å². The first-order chi connectivity index (χ1) is 10.1. The highest BCUT2D eigenvalue weighted by molar-refractivity contribution is 7.38. The molecule has 0 amide bonds. The molecule has 0 radical (unpaired) electrons. The molecule has 0 N–H and O–H groups in total. The molecular formula is C15H25N4O2P. The van der Waals surface area contributed by atoms with Crippen LogP contribution in [0, 0.1) is 0 Å². The zero-order chi connectivity index (χ0) is 16.7. The lowest BCUT2D eigenvalue weighted by Crippen LogP contribution is -2.30. The Kier molecular flexibility index (Phi) is 4.73. The van der Waals surface area contributed by atoms with Crippen LogP contribution in [-0.2, 0) is 14.8 Å². The average molecular weight is 324 g/mol. The maximum atomic E-state index is 11.6. The maximum Gasteiger partial charge on any atom is 0.197 e. The fourth-order valence-electron chi connectivity index (χ4n) is 2.48. The van der Waals surface area contributed by atoms with Crippen molar-refractivity contribution in [3.63, 3.8) is 0 Å². The van der Waals surface area contributed by atoms with Crippen molar-refractivity contribution in [3.05, 3.63) is 17.7 Å². The minimum Gasteiger partial charge on any atom is -0.303 e. The van der Waals surface area contributed by atoms with Crippen LogP contribution < -0.4 is 0 Å². The summed E-state index contributed by atoms with van der Waals surface area (Å²) >= 11 is 0. The third-order valence-corrected chi connectivity index (χ3v) is 4.24. The van der Waals surface area contributed by atoms with E-state index in [-0.39, 0.29) is 11.8 Å². The van der Waals surface area contributed by atoms with Crippen LogP contribution in [0.1, 0.15) is 64.9 Å². The van der Waals surface area contributed by atoms with Crippen molar-refractivity contribution >= 4 is 19.3 Å². The highest BCUT2D eigenvalue weighted by atomic mass is 31.1. The molecule has 2 rings (SSSR count). The maximum absolute atomic E-state index is 11.6. The normalized spacial score (nSPS) is 14.2. The van der Waals surface area contributed by atoms with Gasteiger partial charge in [-0.15, -0.1) is 0 Å². The van der Waals surface area contributed by atoms with Crippen LogP contribution in [-0.4, -0.2) is 26.2 Å². The molecule has 2 aromatic rings. The van der Waals surface area contributed by atoms with Crippen LogP contribution in [0.5, 0.6) is 0 Å². The van der Waals surface area contributed by atoms with E-state index < -0.39 is 13.8 Å². The van der Waals surface area contributed by atoms with Gasteiger partial charge in [-0.3, -0.25) is 9.13 Å². The standard InChI is InChI=1S/C15H25N4O2P/c1-9(2)11-8-16-12-14(17-11)19(13(18-12)10(3)4)15(5,6)21-22(7)20/h8-10,22H,1-7H3. The van der Waals surface area contributed by atoms with E-state index in [1.807, 2.05) is 18.4 Å². The molecule has 0 fully saturated rings. The summed E-state index contributed by atoms with van der Waals surface area (Å²) in [7, 11) is -2.10. The van der Waals surface area contributed by atoms with Crippen molar-refractivity contribution in [1.82, 2.24) is 19.5 Å². The minimum absolute atomic E-state index is 0.181. The molecule has 22 heavy (non-hydrogen) atoms. The molecule has 0 saturated heterocycles. The Morgan fingerprint density at radius 3 is 2.32 bits per heavy atom. The Morgan fingerprint density at radius 1 is 1.18 bits per heavy atom. The van der Waals surface area contributed by atoms with Crippen molar-refractivity contribution in [3.8, 4) is 0 Å². The van der Waals surface area contributed by atoms with Crippen LogP contribution in [0.2, 0.25) is 0 Å². The molecular weight excluding hydrogens is 299 g/mol. The van der Waals surface area contributed by atoms with Crippen LogP contribution >= 0.6 is 8.03 Å². The van der Waals surface area contributed by atoms with Gasteiger partial charge in [-0.05, 0) is 19.8 Å². The van der Waals surface area contributed by atoms with E-state index in [1.54, 1.807) is 12.9 Å². The number of rotatable bonds is 5. The molecule has 0 saturated carbocycles. The minimum atomic E-state index is -2.10. The van der Waals surface area contributed by atoms with Crippen LogP contribution in [0.4, 0.5) is 0 Å². The SMILES string of the molecule is CC(C)c1cnc2nc(C(C)C)n(C(C)(C)O[PH](C)=O)c2n1. The molecule has 6 nitrogen and oxygen atoms in total. The molecule has 7 heteroatoms. The van der Waals surface area contributed by atoms with Crippen molar-refractivity contribution in [1.29, 1.82) is 0 Å². The second-order valence-electron chi connectivity index (χ2n) is 6.60. The Hall–Kier alpha value is -1.26. The Balaban J connectivity index is 2.74. The summed E-state index contributed by atoms with van der Waals surface area (Å²) < 4.78 is 19.3. The van der Waals surface area contributed by atoms with Crippen molar-refractivity contribution in [2.24, 2.45) is 0 Å². The van der Waals surface area contributed by atoms with Crippen LogP contribution in [0.25, 0.3) is 11.3 Å². The Labute approximate surface area is 132 Å². The summed E-state index contributed by atoms with van der Waals surface area (Å²) in [6.45, 7) is 13.6. The van der Waals surface area contributed by atoms with E-state index in [4.69, 9.17) is 9.51 Å². The number of fused-ring (bicyclic) bond motifs is 1. The van der Waals surface area contributed by atoms with Crippen molar-refractivity contribution in [2.45, 2.75) is 59.1 Å². The zero-order valence-electron chi connectivity index (χ0n) is 14.3. The summed E-state index contributed by atoms with van der Waals surface area (Å²) in [5.41, 5.74) is 1.40. The van der Waals surface area contributed by atoms with Gasteiger partial charge in [0.25, 0.3) is 0 Å². The molecule has 0 spiro atoms. The van der Waals surface area contributed by atoms with Gasteiger partial charge in [0.1, 0.15) is 11.5 Å². The molecule has 0 aliphatic heterocycles. The van der Waals surface area contributed by atoms with Gasteiger partial charge in [0.05, 0.1) is 11.9 Å². The van der Waals surface area contributed by atoms with Gasteiger partial charge in [-0.2, -0.15) is 0 Å². The fraction of sp³-hybridized carbons (Fsp3) is 0.667. The molecule has 0 aliphatic carbocycles. The third kappa shape index (κ3) is 3.23. The molecule has 0 bridgehead atoms. The van der Waals surface area contributed by atoms with E-state index in [9.17, 15) is 4.57 Å². The van der Waals surface area contributed by atoms with Gasteiger partial charge in [0.15, 0.2) is 19.3 Å². The average Bonchev–Trinajstić information content (AvgIpc) is 2.76. The highest BCUT2D eigenvalue weighted by Gasteiger charge is 2.30. The van der Waals surface area contributed by atoms with Crippen LogP contribution in [0.3, 0.4) is 0 Å². The van der Waals surface area contributed by atoms with Gasteiger partial charge in [0, 0.05) is 12.6 Å². The number of aromatic nitrogens is 4. The number of imidazole rings is 1.